The van der Waals surface area contributed by atoms with Gasteiger partial charge in [-0.3, -0.25) is 9.36 Å². The van der Waals surface area contributed by atoms with Crippen LogP contribution in [0.25, 0.3) is 5.69 Å². The van der Waals surface area contributed by atoms with Gasteiger partial charge in [0.15, 0.2) is 5.16 Å². The summed E-state index contributed by atoms with van der Waals surface area (Å²) in [7, 11) is 0. The topological polar surface area (TPSA) is 60.2 Å². The van der Waals surface area contributed by atoms with Crippen LogP contribution in [0.1, 0.15) is 31.2 Å². The third-order valence-electron chi connectivity index (χ3n) is 5.01. The number of ketones is 1. The van der Waals surface area contributed by atoms with Crippen LogP contribution in [-0.4, -0.2) is 52.1 Å². The third-order valence-corrected chi connectivity index (χ3v) is 6.27. The normalized spacial score (nSPS) is 21.2. The SMILES string of the molecule is Cc1ccccc1-n1c(SC2CCCCC2=O)nnc1N1CCOCC1. The molecule has 1 unspecified atom stereocenters. The number of aryl methyl sites for hydroxylation is 1. The van der Waals surface area contributed by atoms with Crippen LogP contribution < -0.4 is 4.90 Å². The van der Waals surface area contributed by atoms with Crippen molar-refractivity contribution in [2.75, 3.05) is 31.2 Å². The summed E-state index contributed by atoms with van der Waals surface area (Å²) in [6.07, 6.45) is 3.74. The van der Waals surface area contributed by atoms with Crippen molar-refractivity contribution in [2.45, 2.75) is 43.0 Å². The molecule has 1 saturated carbocycles. The minimum Gasteiger partial charge on any atom is -0.378 e. The van der Waals surface area contributed by atoms with Gasteiger partial charge in [-0.25, -0.2) is 0 Å². The van der Waals surface area contributed by atoms with Crippen molar-refractivity contribution in [3.05, 3.63) is 29.8 Å². The molecule has 1 aromatic heterocycles. The minimum absolute atomic E-state index is 0.00624. The smallest absolute Gasteiger partial charge is 0.232 e. The van der Waals surface area contributed by atoms with E-state index in [0.29, 0.717) is 25.4 Å². The molecule has 0 N–H and O–H groups in total. The van der Waals surface area contributed by atoms with Gasteiger partial charge in [-0.05, 0) is 31.4 Å². The van der Waals surface area contributed by atoms with Gasteiger partial charge < -0.3 is 9.64 Å². The zero-order valence-electron chi connectivity index (χ0n) is 15.1. The number of Topliss-reactive ketones (excluding diaryl/α,β-unsaturated/α-hetero) is 1. The van der Waals surface area contributed by atoms with Crippen LogP contribution in [0.3, 0.4) is 0 Å². The Morgan fingerprint density at radius 1 is 1.15 bits per heavy atom. The Balaban J connectivity index is 1.72. The largest absolute Gasteiger partial charge is 0.378 e. The molecule has 2 aromatic rings. The highest BCUT2D eigenvalue weighted by Gasteiger charge is 2.28. The molecule has 6 nitrogen and oxygen atoms in total. The maximum absolute atomic E-state index is 12.3. The van der Waals surface area contributed by atoms with Crippen molar-refractivity contribution in [1.29, 1.82) is 0 Å². The summed E-state index contributed by atoms with van der Waals surface area (Å²) in [5.74, 6) is 1.18. The van der Waals surface area contributed by atoms with E-state index < -0.39 is 0 Å². The summed E-state index contributed by atoms with van der Waals surface area (Å²) >= 11 is 1.57. The molecule has 138 valence electrons. The fourth-order valence-corrected chi connectivity index (χ4v) is 4.70. The molecule has 1 atom stereocenters. The molecule has 1 saturated heterocycles. The second-order valence-electron chi connectivity index (χ2n) is 6.82. The molecule has 1 aromatic carbocycles. The summed E-state index contributed by atoms with van der Waals surface area (Å²) in [6, 6.07) is 8.26. The van der Waals surface area contributed by atoms with E-state index in [2.05, 4.69) is 38.7 Å². The summed E-state index contributed by atoms with van der Waals surface area (Å²) in [6.45, 7) is 5.10. The van der Waals surface area contributed by atoms with E-state index >= 15 is 0 Å². The predicted octanol–water partition coefficient (Wildman–Crippen LogP) is 3.02. The van der Waals surface area contributed by atoms with Gasteiger partial charge >= 0.3 is 0 Å². The molecule has 26 heavy (non-hydrogen) atoms. The molecule has 0 radical (unpaired) electrons. The number of aromatic nitrogens is 3. The molecule has 0 bridgehead atoms. The van der Waals surface area contributed by atoms with Crippen molar-refractivity contribution in [2.24, 2.45) is 0 Å². The Kier molecular flexibility index (Phi) is 5.26. The number of rotatable bonds is 4. The average Bonchev–Trinajstić information content (AvgIpc) is 3.08. The molecule has 0 amide bonds. The Morgan fingerprint density at radius 3 is 2.73 bits per heavy atom. The van der Waals surface area contributed by atoms with Crippen molar-refractivity contribution in [1.82, 2.24) is 14.8 Å². The van der Waals surface area contributed by atoms with E-state index in [1.807, 2.05) is 12.1 Å². The van der Waals surface area contributed by atoms with E-state index in [-0.39, 0.29) is 5.25 Å². The van der Waals surface area contributed by atoms with Crippen LogP contribution in [-0.2, 0) is 9.53 Å². The van der Waals surface area contributed by atoms with Gasteiger partial charge in [-0.2, -0.15) is 0 Å². The van der Waals surface area contributed by atoms with Crippen LogP contribution in [0.15, 0.2) is 29.4 Å². The standard InChI is InChI=1S/C19H24N4O2S/c1-14-6-2-3-7-15(14)23-18(22-10-12-25-13-11-22)20-21-19(23)26-17-9-5-4-8-16(17)24/h2-3,6-7,17H,4-5,8-13H2,1H3. The molecule has 1 aliphatic carbocycles. The number of ether oxygens (including phenoxy) is 1. The van der Waals surface area contributed by atoms with E-state index in [0.717, 1.165) is 49.1 Å². The van der Waals surface area contributed by atoms with Crippen molar-refractivity contribution >= 4 is 23.5 Å². The number of thioether (sulfide) groups is 1. The summed E-state index contributed by atoms with van der Waals surface area (Å²) in [5.41, 5.74) is 2.24. The lowest BCUT2D eigenvalue weighted by Crippen LogP contribution is -2.38. The van der Waals surface area contributed by atoms with Crippen LogP contribution in [0.4, 0.5) is 5.95 Å². The molecule has 2 aliphatic rings. The zero-order chi connectivity index (χ0) is 17.9. The Hall–Kier alpha value is -1.86. The van der Waals surface area contributed by atoms with Gasteiger partial charge in [0.1, 0.15) is 5.78 Å². The number of para-hydroxylation sites is 1. The van der Waals surface area contributed by atoms with Gasteiger partial charge in [0, 0.05) is 19.5 Å². The van der Waals surface area contributed by atoms with E-state index in [1.54, 1.807) is 11.8 Å². The number of hydrogen-bond donors (Lipinski definition) is 0. The maximum atomic E-state index is 12.3. The summed E-state index contributed by atoms with van der Waals surface area (Å²) < 4.78 is 7.60. The lowest BCUT2D eigenvalue weighted by atomic mass is 9.99. The van der Waals surface area contributed by atoms with Crippen molar-refractivity contribution in [3.63, 3.8) is 0 Å². The summed E-state index contributed by atoms with van der Waals surface area (Å²) in [4.78, 5) is 14.5. The van der Waals surface area contributed by atoms with Crippen LogP contribution in [0.2, 0.25) is 0 Å². The van der Waals surface area contributed by atoms with E-state index in [1.165, 1.54) is 5.56 Å². The molecule has 4 rings (SSSR count). The minimum atomic E-state index is -0.00624. The second-order valence-corrected chi connectivity index (χ2v) is 7.99. The Morgan fingerprint density at radius 2 is 1.96 bits per heavy atom. The third kappa shape index (κ3) is 3.50. The lowest BCUT2D eigenvalue weighted by Gasteiger charge is -2.28. The molecule has 2 heterocycles. The number of carbonyl (C=O) groups is 1. The second kappa shape index (κ2) is 7.80. The fraction of sp³-hybridized carbons (Fsp3) is 0.526. The number of morpholine rings is 1. The quantitative estimate of drug-likeness (QED) is 0.822. The Labute approximate surface area is 157 Å². The highest BCUT2D eigenvalue weighted by Crippen LogP contribution is 2.35. The van der Waals surface area contributed by atoms with Crippen molar-refractivity contribution in [3.8, 4) is 5.69 Å². The lowest BCUT2D eigenvalue weighted by molar-refractivity contribution is -0.119. The number of hydrogen-bond acceptors (Lipinski definition) is 6. The van der Waals surface area contributed by atoms with Crippen molar-refractivity contribution < 1.29 is 9.53 Å². The molecule has 7 heteroatoms. The van der Waals surface area contributed by atoms with Gasteiger partial charge in [0.25, 0.3) is 0 Å². The first-order chi connectivity index (χ1) is 12.7. The highest BCUT2D eigenvalue weighted by molar-refractivity contribution is 8.00. The molecule has 1 aliphatic heterocycles. The van der Waals surface area contributed by atoms with Crippen LogP contribution in [0.5, 0.6) is 0 Å². The molecular formula is C19H24N4O2S. The van der Waals surface area contributed by atoms with E-state index in [9.17, 15) is 4.79 Å². The first kappa shape index (κ1) is 17.5. The molecule has 0 spiro atoms. The monoisotopic (exact) mass is 372 g/mol. The first-order valence-electron chi connectivity index (χ1n) is 9.27. The zero-order valence-corrected chi connectivity index (χ0v) is 15.9. The maximum Gasteiger partial charge on any atom is 0.232 e. The number of benzene rings is 1. The number of carbonyl (C=O) groups excluding carboxylic acids is 1. The van der Waals surface area contributed by atoms with Crippen LogP contribution in [0, 0.1) is 6.92 Å². The molecule has 2 fully saturated rings. The van der Waals surface area contributed by atoms with Gasteiger partial charge in [0.05, 0.1) is 24.2 Å². The van der Waals surface area contributed by atoms with Gasteiger partial charge in [0.2, 0.25) is 5.95 Å². The van der Waals surface area contributed by atoms with Gasteiger partial charge in [-0.15, -0.1) is 10.2 Å². The van der Waals surface area contributed by atoms with Gasteiger partial charge in [-0.1, -0.05) is 36.4 Å². The Bertz CT molecular complexity index is 786. The molecular weight excluding hydrogens is 348 g/mol. The average molecular weight is 372 g/mol. The number of nitrogens with zero attached hydrogens (tertiary/aromatic N) is 4. The first-order valence-corrected chi connectivity index (χ1v) is 10.2. The van der Waals surface area contributed by atoms with E-state index in [4.69, 9.17) is 4.74 Å². The van der Waals surface area contributed by atoms with Crippen LogP contribution >= 0.6 is 11.8 Å². The summed E-state index contributed by atoms with van der Waals surface area (Å²) in [5, 5.41) is 9.78. The highest BCUT2D eigenvalue weighted by atomic mass is 32.2. The fourth-order valence-electron chi connectivity index (χ4n) is 3.53. The predicted molar refractivity (Wildman–Crippen MR) is 102 cm³/mol. The number of anilines is 1.